The van der Waals surface area contributed by atoms with Gasteiger partial charge in [-0.25, -0.2) is 4.79 Å². The number of amides is 1. The minimum absolute atomic E-state index is 0.114. The van der Waals surface area contributed by atoms with Gasteiger partial charge in [-0.15, -0.1) is 0 Å². The quantitative estimate of drug-likeness (QED) is 0.710. The highest BCUT2D eigenvalue weighted by Crippen LogP contribution is 2.17. The van der Waals surface area contributed by atoms with Crippen LogP contribution in [0.5, 0.6) is 0 Å². The zero-order valence-corrected chi connectivity index (χ0v) is 11.9. The fraction of sp³-hybridized carbons (Fsp3) is 0.900. The van der Waals surface area contributed by atoms with E-state index in [-0.39, 0.29) is 13.1 Å². The minimum Gasteiger partial charge on any atom is -0.444 e. The molecule has 1 aliphatic rings. The van der Waals surface area contributed by atoms with Gasteiger partial charge in [0.05, 0.1) is 18.8 Å². The van der Waals surface area contributed by atoms with Crippen LogP contribution in [0.4, 0.5) is 4.79 Å². The molecule has 0 radical (unpaired) electrons. The average molecular weight is 280 g/mol. The zero-order chi connectivity index (χ0) is 14.1. The van der Waals surface area contributed by atoms with Gasteiger partial charge in [0, 0.05) is 6.54 Å². The topological polar surface area (TPSA) is 98.9 Å². The molecule has 0 aliphatic carbocycles. The first-order chi connectivity index (χ1) is 7.98. The lowest BCUT2D eigenvalue weighted by Crippen LogP contribution is -2.37. The number of likely N-dealkylation sites (tertiary alicyclic amines) is 1. The molecule has 1 fully saturated rings. The second-order valence-corrected chi connectivity index (χ2v) is 6.99. The standard InChI is InChI=1S/C10H20N2O5S/c1-10(2,3)16-9(13)12-5-7(11)8(6-12)17-18(4,14)15/h7-8H,5-6,11H2,1-4H3. The van der Waals surface area contributed by atoms with Crippen molar-refractivity contribution in [2.75, 3.05) is 19.3 Å². The van der Waals surface area contributed by atoms with Gasteiger partial charge >= 0.3 is 6.09 Å². The van der Waals surface area contributed by atoms with E-state index < -0.39 is 34.0 Å². The molecule has 1 heterocycles. The van der Waals surface area contributed by atoms with Crippen molar-refractivity contribution in [1.29, 1.82) is 0 Å². The van der Waals surface area contributed by atoms with Crippen molar-refractivity contribution in [3.8, 4) is 0 Å². The van der Waals surface area contributed by atoms with E-state index in [2.05, 4.69) is 0 Å². The molecule has 0 aromatic rings. The summed E-state index contributed by atoms with van der Waals surface area (Å²) in [6.45, 7) is 5.60. The van der Waals surface area contributed by atoms with E-state index in [0.29, 0.717) is 0 Å². The third kappa shape index (κ3) is 4.79. The molecule has 1 rings (SSSR count). The number of carbonyl (C=O) groups is 1. The van der Waals surface area contributed by atoms with E-state index in [0.717, 1.165) is 6.26 Å². The molecule has 0 bridgehead atoms. The zero-order valence-electron chi connectivity index (χ0n) is 11.0. The number of carbonyl (C=O) groups excluding carboxylic acids is 1. The first-order valence-electron chi connectivity index (χ1n) is 5.60. The maximum atomic E-state index is 11.8. The highest BCUT2D eigenvalue weighted by atomic mass is 32.2. The molecule has 2 N–H and O–H groups in total. The van der Waals surface area contributed by atoms with Crippen LogP contribution in [-0.2, 0) is 19.0 Å². The van der Waals surface area contributed by atoms with E-state index in [4.69, 9.17) is 14.7 Å². The summed E-state index contributed by atoms with van der Waals surface area (Å²) in [7, 11) is -3.58. The monoisotopic (exact) mass is 280 g/mol. The summed E-state index contributed by atoms with van der Waals surface area (Å²) in [4.78, 5) is 13.1. The van der Waals surface area contributed by atoms with Gasteiger partial charge in [0.25, 0.3) is 10.1 Å². The Balaban J connectivity index is 2.61. The molecule has 1 amide bonds. The number of hydrogen-bond acceptors (Lipinski definition) is 6. The van der Waals surface area contributed by atoms with Gasteiger partial charge in [-0.1, -0.05) is 0 Å². The summed E-state index contributed by atoms with van der Waals surface area (Å²) in [6, 6.07) is -0.535. The van der Waals surface area contributed by atoms with Crippen LogP contribution < -0.4 is 5.73 Å². The van der Waals surface area contributed by atoms with Crippen molar-refractivity contribution in [1.82, 2.24) is 4.90 Å². The molecule has 18 heavy (non-hydrogen) atoms. The molecule has 0 spiro atoms. The first kappa shape index (κ1) is 15.2. The van der Waals surface area contributed by atoms with Gasteiger partial charge in [-0.05, 0) is 20.8 Å². The SMILES string of the molecule is CC(C)(C)OC(=O)N1CC(N)C(OS(C)(=O)=O)C1. The van der Waals surface area contributed by atoms with Gasteiger partial charge in [0.15, 0.2) is 0 Å². The Labute approximate surface area is 107 Å². The van der Waals surface area contributed by atoms with Crippen molar-refractivity contribution < 1.29 is 22.1 Å². The van der Waals surface area contributed by atoms with Gasteiger partial charge in [-0.2, -0.15) is 8.42 Å². The van der Waals surface area contributed by atoms with Crippen LogP contribution in [0.25, 0.3) is 0 Å². The van der Waals surface area contributed by atoms with Crippen molar-refractivity contribution in [3.63, 3.8) is 0 Å². The maximum absolute atomic E-state index is 11.8. The van der Waals surface area contributed by atoms with Gasteiger partial charge < -0.3 is 15.4 Å². The molecule has 0 aromatic carbocycles. The van der Waals surface area contributed by atoms with Crippen LogP contribution in [0.1, 0.15) is 20.8 Å². The predicted molar refractivity (Wildman–Crippen MR) is 65.5 cm³/mol. The molecule has 2 atom stereocenters. The molecule has 8 heteroatoms. The molecular weight excluding hydrogens is 260 g/mol. The largest absolute Gasteiger partial charge is 0.444 e. The summed E-state index contributed by atoms with van der Waals surface area (Å²) in [6.07, 6.45) is -0.277. The van der Waals surface area contributed by atoms with E-state index in [1.54, 1.807) is 20.8 Å². The number of hydrogen-bond donors (Lipinski definition) is 1. The number of nitrogens with zero attached hydrogens (tertiary/aromatic N) is 1. The molecule has 1 aliphatic heterocycles. The summed E-state index contributed by atoms with van der Waals surface area (Å²) in [5.74, 6) is 0. The number of rotatable bonds is 2. The Morgan fingerprint density at radius 3 is 2.33 bits per heavy atom. The lowest BCUT2D eigenvalue weighted by molar-refractivity contribution is 0.0276. The smallest absolute Gasteiger partial charge is 0.410 e. The molecule has 1 saturated heterocycles. The lowest BCUT2D eigenvalue weighted by Gasteiger charge is -2.24. The van der Waals surface area contributed by atoms with Crippen molar-refractivity contribution in [2.45, 2.75) is 38.5 Å². The van der Waals surface area contributed by atoms with Crippen LogP contribution in [0.15, 0.2) is 0 Å². The molecule has 0 aromatic heterocycles. The Morgan fingerprint density at radius 2 is 1.89 bits per heavy atom. The average Bonchev–Trinajstić information content (AvgIpc) is 2.42. The van der Waals surface area contributed by atoms with E-state index in [9.17, 15) is 13.2 Å². The summed E-state index contributed by atoms with van der Waals surface area (Å²) >= 11 is 0. The van der Waals surface area contributed by atoms with E-state index in [1.807, 2.05) is 0 Å². The van der Waals surface area contributed by atoms with Crippen LogP contribution in [0, 0.1) is 0 Å². The Bertz CT molecular complexity index is 414. The van der Waals surface area contributed by atoms with Crippen LogP contribution in [0.3, 0.4) is 0 Å². The van der Waals surface area contributed by atoms with Crippen molar-refractivity contribution in [2.24, 2.45) is 5.73 Å². The molecular formula is C10H20N2O5S. The minimum atomic E-state index is -3.58. The number of ether oxygens (including phenoxy) is 1. The van der Waals surface area contributed by atoms with Crippen molar-refractivity contribution >= 4 is 16.2 Å². The molecule has 0 saturated carbocycles. The molecule has 7 nitrogen and oxygen atoms in total. The third-order valence-electron chi connectivity index (χ3n) is 2.26. The summed E-state index contributed by atoms with van der Waals surface area (Å²) < 4.78 is 32.0. The van der Waals surface area contributed by atoms with Gasteiger partial charge in [0.2, 0.25) is 0 Å². The van der Waals surface area contributed by atoms with E-state index in [1.165, 1.54) is 4.90 Å². The number of nitrogens with two attached hydrogens (primary N) is 1. The Hall–Kier alpha value is -0.860. The predicted octanol–water partition coefficient (Wildman–Crippen LogP) is -0.0908. The van der Waals surface area contributed by atoms with Gasteiger partial charge in [0.1, 0.15) is 11.7 Å². The second-order valence-electron chi connectivity index (χ2n) is 5.39. The van der Waals surface area contributed by atoms with E-state index >= 15 is 0 Å². The van der Waals surface area contributed by atoms with Crippen LogP contribution in [-0.4, -0.2) is 56.5 Å². The normalized spacial score (nSPS) is 25.3. The van der Waals surface area contributed by atoms with Crippen LogP contribution >= 0.6 is 0 Å². The second kappa shape index (κ2) is 5.02. The molecule has 2 unspecified atom stereocenters. The highest BCUT2D eigenvalue weighted by molar-refractivity contribution is 7.86. The fourth-order valence-corrected chi connectivity index (χ4v) is 2.25. The Kier molecular flexibility index (Phi) is 4.24. The van der Waals surface area contributed by atoms with Crippen LogP contribution in [0.2, 0.25) is 0 Å². The highest BCUT2D eigenvalue weighted by Gasteiger charge is 2.37. The van der Waals surface area contributed by atoms with Gasteiger partial charge in [-0.3, -0.25) is 4.18 Å². The molecule has 106 valence electrons. The summed E-state index contributed by atoms with van der Waals surface area (Å²) in [5, 5.41) is 0. The fourth-order valence-electron chi connectivity index (χ4n) is 1.60. The summed E-state index contributed by atoms with van der Waals surface area (Å²) in [5.41, 5.74) is 5.14. The first-order valence-corrected chi connectivity index (χ1v) is 7.41. The maximum Gasteiger partial charge on any atom is 0.410 e. The Morgan fingerprint density at radius 1 is 1.33 bits per heavy atom. The van der Waals surface area contributed by atoms with Crippen molar-refractivity contribution in [3.05, 3.63) is 0 Å². The lowest BCUT2D eigenvalue weighted by atomic mass is 10.2. The third-order valence-corrected chi connectivity index (χ3v) is 2.86.